The fraction of sp³-hybridized carbons (Fsp3) is 0.0870. The molecule has 4 aromatic rings. The van der Waals surface area contributed by atoms with Gasteiger partial charge in [-0.15, -0.1) is 0 Å². The quantitative estimate of drug-likeness (QED) is 0.477. The predicted octanol–water partition coefficient (Wildman–Crippen LogP) is 5.62. The predicted molar refractivity (Wildman–Crippen MR) is 105 cm³/mol. The first-order chi connectivity index (χ1) is 13.4. The lowest BCUT2D eigenvalue weighted by Gasteiger charge is -2.26. The van der Waals surface area contributed by atoms with Crippen LogP contribution in [0.2, 0.25) is 0 Å². The van der Waals surface area contributed by atoms with Crippen LogP contribution in [-0.4, -0.2) is 5.71 Å². The fourth-order valence-electron chi connectivity index (χ4n) is 3.70. The molecule has 0 saturated heterocycles. The highest BCUT2D eigenvalue weighted by Gasteiger charge is 2.43. The van der Waals surface area contributed by atoms with Gasteiger partial charge in [-0.1, -0.05) is 48.5 Å². The van der Waals surface area contributed by atoms with E-state index < -0.39 is 0 Å². The molecule has 0 bridgehead atoms. The third-order valence-corrected chi connectivity index (χ3v) is 4.88. The number of anilines is 1. The van der Waals surface area contributed by atoms with Gasteiger partial charge < -0.3 is 8.83 Å². The van der Waals surface area contributed by atoms with E-state index in [1.165, 1.54) is 5.56 Å². The van der Waals surface area contributed by atoms with Crippen molar-refractivity contribution < 1.29 is 8.83 Å². The summed E-state index contributed by atoms with van der Waals surface area (Å²) in [5.74, 6) is 1.64. The minimum Gasteiger partial charge on any atom is -0.467 e. The second kappa shape index (κ2) is 6.65. The van der Waals surface area contributed by atoms with Gasteiger partial charge in [-0.2, -0.15) is 5.10 Å². The summed E-state index contributed by atoms with van der Waals surface area (Å²) in [5.41, 5.74) is 3.09. The van der Waals surface area contributed by atoms with Crippen molar-refractivity contribution in [1.82, 2.24) is 0 Å². The molecule has 4 heteroatoms. The maximum Gasteiger partial charge on any atom is 0.150 e. The number of nitrogens with zero attached hydrogens (tertiary/aromatic N) is 2. The molecule has 5 rings (SSSR count). The molecule has 0 N–H and O–H groups in total. The van der Waals surface area contributed by atoms with Crippen LogP contribution in [0.15, 0.2) is 111 Å². The van der Waals surface area contributed by atoms with E-state index in [9.17, 15) is 0 Å². The SMILES string of the molecule is c1ccc(C2C(c3ccco3)=NN(c3ccccc3)C2c2ccco2)cc1. The lowest BCUT2D eigenvalue weighted by atomic mass is 9.85. The molecule has 0 amide bonds. The standard InChI is InChI=1S/C23H18N2O2/c1-3-9-17(10-4-1)21-22(19-13-7-15-26-19)24-25(18-11-5-2-6-12-18)23(21)20-14-8-16-27-20/h1-16,21,23H. The third-order valence-electron chi connectivity index (χ3n) is 4.88. The van der Waals surface area contributed by atoms with Gasteiger partial charge in [0.05, 0.1) is 24.1 Å². The van der Waals surface area contributed by atoms with Gasteiger partial charge in [0.15, 0.2) is 5.76 Å². The number of rotatable bonds is 4. The topological polar surface area (TPSA) is 41.9 Å². The van der Waals surface area contributed by atoms with Gasteiger partial charge >= 0.3 is 0 Å². The fourth-order valence-corrected chi connectivity index (χ4v) is 3.70. The van der Waals surface area contributed by atoms with E-state index >= 15 is 0 Å². The molecule has 1 aliphatic heterocycles. The van der Waals surface area contributed by atoms with E-state index in [1.807, 2.05) is 53.5 Å². The van der Waals surface area contributed by atoms with E-state index in [0.29, 0.717) is 0 Å². The summed E-state index contributed by atoms with van der Waals surface area (Å²) in [7, 11) is 0. The second-order valence-electron chi connectivity index (χ2n) is 6.49. The number of hydrogen-bond acceptors (Lipinski definition) is 4. The van der Waals surface area contributed by atoms with E-state index in [1.54, 1.807) is 12.5 Å². The van der Waals surface area contributed by atoms with Crippen molar-refractivity contribution in [3.63, 3.8) is 0 Å². The van der Waals surface area contributed by atoms with Gasteiger partial charge in [0.2, 0.25) is 0 Å². The summed E-state index contributed by atoms with van der Waals surface area (Å²) in [6, 6.07) is 28.3. The Kier molecular flexibility index (Phi) is 3.87. The average Bonchev–Trinajstić information content (AvgIpc) is 3.49. The summed E-state index contributed by atoms with van der Waals surface area (Å²) in [6.07, 6.45) is 3.40. The van der Waals surface area contributed by atoms with E-state index in [4.69, 9.17) is 13.9 Å². The molecule has 2 atom stereocenters. The van der Waals surface area contributed by atoms with Crippen LogP contribution in [0.3, 0.4) is 0 Å². The molecule has 1 aliphatic rings. The van der Waals surface area contributed by atoms with Crippen molar-refractivity contribution >= 4 is 11.4 Å². The Morgan fingerprint density at radius 1 is 0.704 bits per heavy atom. The van der Waals surface area contributed by atoms with Crippen molar-refractivity contribution in [2.75, 3.05) is 5.01 Å². The van der Waals surface area contributed by atoms with Crippen LogP contribution in [0.5, 0.6) is 0 Å². The molecule has 2 unspecified atom stereocenters. The maximum atomic E-state index is 5.84. The van der Waals surface area contributed by atoms with Crippen LogP contribution < -0.4 is 5.01 Å². The second-order valence-corrected chi connectivity index (χ2v) is 6.49. The van der Waals surface area contributed by atoms with Crippen molar-refractivity contribution in [2.24, 2.45) is 5.10 Å². The number of para-hydroxylation sites is 1. The summed E-state index contributed by atoms with van der Waals surface area (Å²) in [4.78, 5) is 0. The zero-order valence-corrected chi connectivity index (χ0v) is 14.6. The summed E-state index contributed by atoms with van der Waals surface area (Å²) in [6.45, 7) is 0. The Morgan fingerprint density at radius 2 is 1.41 bits per heavy atom. The molecule has 0 radical (unpaired) electrons. The lowest BCUT2D eigenvalue weighted by Crippen LogP contribution is -2.24. The van der Waals surface area contributed by atoms with E-state index in [0.717, 1.165) is 22.9 Å². The van der Waals surface area contributed by atoms with Gasteiger partial charge in [0.1, 0.15) is 17.5 Å². The van der Waals surface area contributed by atoms with Gasteiger partial charge in [0, 0.05) is 0 Å². The van der Waals surface area contributed by atoms with Gasteiger partial charge in [-0.3, -0.25) is 5.01 Å². The first-order valence-corrected chi connectivity index (χ1v) is 8.97. The van der Waals surface area contributed by atoms with Crippen molar-refractivity contribution in [2.45, 2.75) is 12.0 Å². The minimum atomic E-state index is -0.0927. The normalized spacial score (nSPS) is 19.3. The highest BCUT2D eigenvalue weighted by molar-refractivity contribution is 6.06. The van der Waals surface area contributed by atoms with Crippen LogP contribution in [0.1, 0.15) is 29.0 Å². The molecule has 0 spiro atoms. The van der Waals surface area contributed by atoms with Crippen molar-refractivity contribution in [3.8, 4) is 0 Å². The van der Waals surface area contributed by atoms with Crippen LogP contribution in [0.4, 0.5) is 5.69 Å². The summed E-state index contributed by atoms with van der Waals surface area (Å²) in [5, 5.41) is 7.03. The minimum absolute atomic E-state index is 0.0105. The Balaban J connectivity index is 1.71. The molecule has 27 heavy (non-hydrogen) atoms. The Morgan fingerprint density at radius 3 is 2.07 bits per heavy atom. The van der Waals surface area contributed by atoms with Crippen LogP contribution in [0.25, 0.3) is 0 Å². The molecule has 2 aromatic heterocycles. The molecule has 3 heterocycles. The van der Waals surface area contributed by atoms with Gasteiger partial charge in [-0.25, -0.2) is 0 Å². The molecule has 0 fully saturated rings. The zero-order chi connectivity index (χ0) is 18.1. The van der Waals surface area contributed by atoms with Crippen LogP contribution in [-0.2, 0) is 0 Å². The molecule has 132 valence electrons. The molecular formula is C23H18N2O2. The monoisotopic (exact) mass is 354 g/mol. The number of furan rings is 2. The first kappa shape index (κ1) is 15.7. The molecule has 0 aliphatic carbocycles. The molecule has 2 aromatic carbocycles. The summed E-state index contributed by atoms with van der Waals surface area (Å²) >= 11 is 0. The highest BCUT2D eigenvalue weighted by Crippen LogP contribution is 2.46. The van der Waals surface area contributed by atoms with Gasteiger partial charge in [-0.05, 0) is 42.0 Å². The largest absolute Gasteiger partial charge is 0.467 e. The zero-order valence-electron chi connectivity index (χ0n) is 14.6. The number of hydrogen-bond donors (Lipinski definition) is 0. The summed E-state index contributed by atoms with van der Waals surface area (Å²) < 4.78 is 11.6. The van der Waals surface area contributed by atoms with Crippen LogP contribution in [0, 0.1) is 0 Å². The first-order valence-electron chi connectivity index (χ1n) is 8.97. The van der Waals surface area contributed by atoms with E-state index in [2.05, 4.69) is 36.4 Å². The van der Waals surface area contributed by atoms with Crippen molar-refractivity contribution in [3.05, 3.63) is 115 Å². The maximum absolute atomic E-state index is 5.84. The molecule has 4 nitrogen and oxygen atoms in total. The van der Waals surface area contributed by atoms with Gasteiger partial charge in [0.25, 0.3) is 0 Å². The van der Waals surface area contributed by atoms with E-state index in [-0.39, 0.29) is 12.0 Å². The number of benzene rings is 2. The third kappa shape index (κ3) is 2.75. The molecular weight excluding hydrogens is 336 g/mol. The van der Waals surface area contributed by atoms with Crippen molar-refractivity contribution in [1.29, 1.82) is 0 Å². The Bertz CT molecular complexity index is 1020. The average molecular weight is 354 g/mol. The Labute approximate surface area is 157 Å². The molecule has 0 saturated carbocycles. The number of hydrazone groups is 1. The lowest BCUT2D eigenvalue weighted by molar-refractivity contribution is 0.449. The smallest absolute Gasteiger partial charge is 0.150 e. The highest BCUT2D eigenvalue weighted by atomic mass is 16.3. The Hall–Kier alpha value is -3.53. The van der Waals surface area contributed by atoms with Crippen LogP contribution >= 0.6 is 0 Å².